The summed E-state index contributed by atoms with van der Waals surface area (Å²) in [7, 11) is -0.0176. The van der Waals surface area contributed by atoms with E-state index in [9.17, 15) is 0 Å². The first-order chi connectivity index (χ1) is 12.1. The first kappa shape index (κ1) is 22.8. The third-order valence-corrected chi connectivity index (χ3v) is 16.6. The molecule has 0 N–H and O–H groups in total. The molecule has 0 radical (unpaired) electrons. The summed E-state index contributed by atoms with van der Waals surface area (Å²) in [6.45, 7) is 9.76. The first-order valence-corrected chi connectivity index (χ1v) is 17.4. The van der Waals surface area contributed by atoms with Crippen molar-refractivity contribution in [3.8, 4) is 0 Å². The van der Waals surface area contributed by atoms with Crippen LogP contribution >= 0.6 is 15.8 Å². The van der Waals surface area contributed by atoms with Crippen LogP contribution in [-0.2, 0) is 22.9 Å². The molecule has 0 aliphatic heterocycles. The van der Waals surface area contributed by atoms with Crippen LogP contribution in [0, 0.1) is 0 Å². The van der Waals surface area contributed by atoms with Gasteiger partial charge in [0.25, 0.3) is 0 Å². The molecule has 0 spiro atoms. The molecule has 2 unspecified atom stereocenters. The summed E-state index contributed by atoms with van der Waals surface area (Å²) < 4.78 is 1.57. The molecule has 0 saturated heterocycles. The predicted molar refractivity (Wildman–Crippen MR) is 112 cm³/mol. The third kappa shape index (κ3) is 4.26. The number of allylic oxidation sites excluding steroid dienone is 2. The third-order valence-electron chi connectivity index (χ3n) is 5.18. The van der Waals surface area contributed by atoms with Gasteiger partial charge in [-0.15, -0.1) is 0 Å². The zero-order chi connectivity index (χ0) is 17.6. The Morgan fingerprint density at radius 2 is 1.00 bits per heavy atom. The molecule has 0 nitrogen and oxygen atoms in total. The van der Waals surface area contributed by atoms with E-state index < -0.39 is 22.9 Å². The van der Waals surface area contributed by atoms with Crippen molar-refractivity contribution in [3.05, 3.63) is 81.4 Å². The summed E-state index contributed by atoms with van der Waals surface area (Å²) in [5.74, 6) is 0. The van der Waals surface area contributed by atoms with E-state index in [1.165, 1.54) is 11.1 Å². The molecule has 2 aromatic rings. The first-order valence-electron chi connectivity index (χ1n) is 8.78. The van der Waals surface area contributed by atoms with Gasteiger partial charge < -0.3 is 9.41 Å². The molecule has 140 valence electrons. The van der Waals surface area contributed by atoms with Gasteiger partial charge in [-0.3, -0.25) is 0 Å². The van der Waals surface area contributed by atoms with Crippen LogP contribution in [0.15, 0.2) is 59.2 Å². The van der Waals surface area contributed by atoms with Gasteiger partial charge in [0.1, 0.15) is 0 Å². The number of fused-ring (bicyclic) bond motifs is 2. The van der Waals surface area contributed by atoms with Gasteiger partial charge in [0.05, 0.1) is 0 Å². The van der Waals surface area contributed by atoms with Crippen molar-refractivity contribution >= 4 is 28.0 Å². The summed E-state index contributed by atoms with van der Waals surface area (Å²) >= 11 is -0.964. The van der Waals surface area contributed by atoms with Gasteiger partial charge >= 0.3 is 166 Å². The Hall–Kier alpha value is -0.490. The van der Waals surface area contributed by atoms with E-state index in [0.29, 0.717) is 0 Å². The zero-order valence-electron chi connectivity index (χ0n) is 16.1. The molecule has 0 aromatic heterocycles. The maximum atomic E-state index is 2.53. The molecule has 2 aromatic carbocycles. The summed E-state index contributed by atoms with van der Waals surface area (Å²) in [5.41, 5.74) is 6.27. The molecule has 2 aliphatic carbocycles. The second-order valence-electron chi connectivity index (χ2n) is 7.22. The fourth-order valence-corrected chi connectivity index (χ4v) is 19.0. The van der Waals surface area contributed by atoms with Crippen molar-refractivity contribution in [2.24, 2.45) is 0 Å². The van der Waals surface area contributed by atoms with Crippen LogP contribution < -0.4 is 9.41 Å². The Morgan fingerprint density at radius 1 is 0.630 bits per heavy atom. The Labute approximate surface area is 175 Å². The van der Waals surface area contributed by atoms with Gasteiger partial charge in [0, 0.05) is 0 Å². The van der Waals surface area contributed by atoms with E-state index in [0.717, 1.165) is 7.35 Å². The molecule has 0 saturated carbocycles. The van der Waals surface area contributed by atoms with Crippen molar-refractivity contribution in [1.29, 1.82) is 0 Å². The fraction of sp³-hybridized carbons (Fsp3) is 0.273. The summed E-state index contributed by atoms with van der Waals surface area (Å²) in [6, 6.07) is 18.3. The van der Waals surface area contributed by atoms with Crippen molar-refractivity contribution in [3.63, 3.8) is 0 Å². The number of rotatable bonds is 4. The average Bonchev–Trinajstić information content (AvgIpc) is 3.15. The SMILES string of the molecule is CP(C)C1=Cc2ccccc2[CH]1[Hf+2][CH]1C(P(C)C)=Cc2ccccc21.[F-].[F-]. The molecule has 2 atom stereocenters. The Balaban J connectivity index is 0.00000131. The van der Waals surface area contributed by atoms with Gasteiger partial charge in [-0.2, -0.15) is 0 Å². The minimum absolute atomic E-state index is 0. The topological polar surface area (TPSA) is 0 Å². The monoisotopic (exact) mass is 568 g/mol. The average molecular weight is 567 g/mol. The number of halogens is 2. The van der Waals surface area contributed by atoms with Gasteiger partial charge in [-0.1, -0.05) is 0 Å². The van der Waals surface area contributed by atoms with Crippen LogP contribution in [0.5, 0.6) is 0 Å². The minimum Gasteiger partial charge on any atom is -1.00 e. The second kappa shape index (κ2) is 9.34. The largest absolute Gasteiger partial charge is 1.00 e. The van der Waals surface area contributed by atoms with Crippen molar-refractivity contribution in [2.45, 2.75) is 7.35 Å². The van der Waals surface area contributed by atoms with Crippen molar-refractivity contribution in [2.75, 3.05) is 26.7 Å². The maximum Gasteiger partial charge on any atom is -1.00 e. The molecule has 0 bridgehead atoms. The molecule has 0 fully saturated rings. The van der Waals surface area contributed by atoms with Gasteiger partial charge in [0.2, 0.25) is 0 Å². The van der Waals surface area contributed by atoms with E-state index in [2.05, 4.69) is 87.3 Å². The normalized spacial score (nSPS) is 19.5. The van der Waals surface area contributed by atoms with Gasteiger partial charge in [0.15, 0.2) is 0 Å². The second-order valence-corrected chi connectivity index (χ2v) is 17.2. The van der Waals surface area contributed by atoms with E-state index in [1.54, 1.807) is 21.8 Å². The quantitative estimate of drug-likeness (QED) is 0.379. The molecule has 4 rings (SSSR count). The molecule has 0 amide bonds. The summed E-state index contributed by atoms with van der Waals surface area (Å²) in [5, 5.41) is 3.53. The molecular weight excluding hydrogens is 543 g/mol. The van der Waals surface area contributed by atoms with Gasteiger partial charge in [-0.25, -0.2) is 0 Å². The molecule has 27 heavy (non-hydrogen) atoms. The summed E-state index contributed by atoms with van der Waals surface area (Å²) in [4.78, 5) is 0. The number of hydrogen-bond donors (Lipinski definition) is 0. The minimum atomic E-state index is -0.964. The Kier molecular flexibility index (Phi) is 7.88. The number of benzene rings is 2. The van der Waals surface area contributed by atoms with Crippen LogP contribution in [0.1, 0.15) is 29.6 Å². The fourth-order valence-electron chi connectivity index (χ4n) is 3.91. The van der Waals surface area contributed by atoms with E-state index in [4.69, 9.17) is 0 Å². The van der Waals surface area contributed by atoms with Crippen molar-refractivity contribution in [1.82, 2.24) is 0 Å². The van der Waals surface area contributed by atoms with Crippen LogP contribution in [0.2, 0.25) is 0 Å². The van der Waals surface area contributed by atoms with Crippen molar-refractivity contribution < 1.29 is 32.3 Å². The summed E-state index contributed by atoms with van der Waals surface area (Å²) in [6.07, 6.45) is 5.06. The molecule has 5 heteroatoms. The molecular formula is C22H24F2HfP2. The van der Waals surface area contributed by atoms with Crippen LogP contribution in [0.3, 0.4) is 0 Å². The van der Waals surface area contributed by atoms with Gasteiger partial charge in [-0.05, 0) is 0 Å². The van der Waals surface area contributed by atoms with Crippen LogP contribution in [0.4, 0.5) is 0 Å². The Bertz CT molecular complexity index is 803. The number of hydrogen-bond acceptors (Lipinski definition) is 0. The maximum absolute atomic E-state index is 2.53. The van der Waals surface area contributed by atoms with E-state index in [-0.39, 0.29) is 25.3 Å². The Morgan fingerprint density at radius 3 is 1.37 bits per heavy atom. The smallest absolute Gasteiger partial charge is 1.00 e. The zero-order valence-corrected chi connectivity index (χ0v) is 21.5. The predicted octanol–water partition coefficient (Wildman–Crippen LogP) is 0.752. The van der Waals surface area contributed by atoms with E-state index in [1.807, 2.05) is 0 Å². The molecule has 2 aliphatic rings. The van der Waals surface area contributed by atoms with Crippen LogP contribution in [0.25, 0.3) is 12.2 Å². The van der Waals surface area contributed by atoms with Crippen LogP contribution in [-0.4, -0.2) is 26.7 Å². The standard InChI is InChI=1S/2C11H12P.2FH.Hf/c2*1-12(2)11-7-9-5-3-4-6-10(9)8-11;;;/h2*3-8H,1-2H3;2*1H;/q;;;;+2/p-2. The molecule has 0 heterocycles. The van der Waals surface area contributed by atoms with E-state index >= 15 is 0 Å².